The summed E-state index contributed by atoms with van der Waals surface area (Å²) in [6.07, 6.45) is 10.6. The largest absolute Gasteiger partial charge is 0.308 e. The van der Waals surface area contributed by atoms with Crippen LogP contribution < -0.4 is 4.68 Å². The quantitative estimate of drug-likeness (QED) is 0.293. The summed E-state index contributed by atoms with van der Waals surface area (Å²) in [5, 5.41) is 23.3. The predicted molar refractivity (Wildman–Crippen MR) is 136 cm³/mol. The van der Waals surface area contributed by atoms with Gasteiger partial charge in [0.15, 0.2) is 23.5 Å². The van der Waals surface area contributed by atoms with Crippen molar-refractivity contribution in [2.75, 3.05) is 0 Å². The van der Waals surface area contributed by atoms with Crippen molar-refractivity contribution in [1.82, 2.24) is 49.9 Å². The standard InChI is InChI=1S/C24H17Cl2F2N11/c1-36-20(9-30-34-36)15-7-32-38(10-15)21(12-37-11-16(27)8-31-37)18-4-2-14(6-29-18)23-19(5-3-17(25)24(23)28)39-13-22(26)33-35-39/h2-11,13,21H,12H2,1H3/p+1/t21-/m1/s1. The van der Waals surface area contributed by atoms with Crippen molar-refractivity contribution < 1.29 is 13.5 Å². The highest BCUT2D eigenvalue weighted by Crippen LogP contribution is 2.32. The van der Waals surface area contributed by atoms with E-state index in [0.717, 1.165) is 17.5 Å². The lowest BCUT2D eigenvalue weighted by molar-refractivity contribution is -0.659. The second-order valence-electron chi connectivity index (χ2n) is 8.61. The summed E-state index contributed by atoms with van der Waals surface area (Å²) in [4.78, 5) is 4.64. The Bertz CT molecular complexity index is 1770. The monoisotopic (exact) mass is 568 g/mol. The first-order valence-corrected chi connectivity index (χ1v) is 12.3. The van der Waals surface area contributed by atoms with Crippen LogP contribution in [0.25, 0.3) is 28.1 Å². The number of aromatic nitrogens is 11. The van der Waals surface area contributed by atoms with Crippen molar-refractivity contribution in [1.29, 1.82) is 0 Å². The molecule has 196 valence electrons. The number of benzene rings is 1. The molecular weight excluding hydrogens is 551 g/mol. The van der Waals surface area contributed by atoms with E-state index in [9.17, 15) is 4.39 Å². The fraction of sp³-hybridized carbons (Fsp3) is 0.125. The number of hydrogen-bond donors (Lipinski definition) is 1. The molecule has 6 aromatic rings. The van der Waals surface area contributed by atoms with Crippen molar-refractivity contribution >= 4 is 23.2 Å². The first-order valence-electron chi connectivity index (χ1n) is 11.5. The van der Waals surface area contributed by atoms with Crippen molar-refractivity contribution in [3.05, 3.63) is 95.1 Å². The molecule has 0 radical (unpaired) electrons. The van der Waals surface area contributed by atoms with Gasteiger partial charge in [0.05, 0.1) is 58.4 Å². The normalized spacial score (nSPS) is 12.2. The van der Waals surface area contributed by atoms with E-state index in [4.69, 9.17) is 23.2 Å². The van der Waals surface area contributed by atoms with Crippen LogP contribution in [0.15, 0.2) is 67.6 Å². The molecule has 1 N–H and O–H groups in total. The number of pyridine rings is 1. The van der Waals surface area contributed by atoms with Crippen LogP contribution in [-0.4, -0.2) is 49.9 Å². The van der Waals surface area contributed by atoms with E-state index in [1.165, 1.54) is 34.0 Å². The number of nitrogens with one attached hydrogen (secondary N) is 1. The molecule has 0 saturated carbocycles. The van der Waals surface area contributed by atoms with E-state index in [-0.39, 0.29) is 22.3 Å². The summed E-state index contributed by atoms with van der Waals surface area (Å²) in [6.45, 7) is 0.236. The Hall–Kier alpha value is -4.49. The maximum absolute atomic E-state index is 15.3. The minimum atomic E-state index is -0.619. The predicted octanol–water partition coefficient (Wildman–Crippen LogP) is 3.81. The number of H-pyrrole nitrogens is 1. The zero-order valence-electron chi connectivity index (χ0n) is 20.1. The van der Waals surface area contributed by atoms with Crippen molar-refractivity contribution in [2.24, 2.45) is 7.05 Å². The molecule has 0 aliphatic heterocycles. The molecule has 6 rings (SSSR count). The highest BCUT2D eigenvalue weighted by Gasteiger charge is 2.23. The Morgan fingerprint density at radius 2 is 1.87 bits per heavy atom. The average molecular weight is 569 g/mol. The van der Waals surface area contributed by atoms with Crippen molar-refractivity contribution in [3.63, 3.8) is 0 Å². The van der Waals surface area contributed by atoms with Crippen LogP contribution in [-0.2, 0) is 13.6 Å². The second-order valence-corrected chi connectivity index (χ2v) is 9.40. The third-order valence-electron chi connectivity index (χ3n) is 6.14. The van der Waals surface area contributed by atoms with Gasteiger partial charge in [-0.2, -0.15) is 10.2 Å². The molecule has 0 aliphatic rings. The molecular formula is C24H18Cl2F2N11+. The molecule has 5 aromatic heterocycles. The topological polar surface area (TPSA) is 112 Å². The molecule has 5 heterocycles. The minimum Gasteiger partial charge on any atom is -0.267 e. The van der Waals surface area contributed by atoms with Crippen LogP contribution in [0.5, 0.6) is 0 Å². The SMILES string of the molecule is Cn1nncc1-c1cnn([C@H](Cn2cc(F)cn2)c2ccc(-c3c(-[n+]4cc(Cl)n[nH]4)ccc(Cl)c3F)cn2)c1. The van der Waals surface area contributed by atoms with E-state index in [2.05, 4.69) is 35.8 Å². The van der Waals surface area contributed by atoms with Gasteiger partial charge in [-0.3, -0.25) is 14.3 Å². The van der Waals surface area contributed by atoms with Crippen molar-refractivity contribution in [2.45, 2.75) is 12.6 Å². The molecule has 0 fully saturated rings. The Morgan fingerprint density at radius 3 is 2.54 bits per heavy atom. The summed E-state index contributed by atoms with van der Waals surface area (Å²) < 4.78 is 35.3. The Kier molecular flexibility index (Phi) is 6.37. The van der Waals surface area contributed by atoms with E-state index in [1.54, 1.807) is 47.0 Å². The molecule has 0 saturated heterocycles. The smallest absolute Gasteiger partial charge is 0.267 e. The van der Waals surface area contributed by atoms with Gasteiger partial charge in [-0.1, -0.05) is 28.1 Å². The van der Waals surface area contributed by atoms with Gasteiger partial charge in [0.25, 0.3) is 0 Å². The fourth-order valence-corrected chi connectivity index (χ4v) is 4.57. The van der Waals surface area contributed by atoms with Crippen LogP contribution in [0.3, 0.4) is 0 Å². The molecule has 1 atom stereocenters. The number of rotatable bonds is 7. The number of aryl methyl sites for hydroxylation is 1. The summed E-state index contributed by atoms with van der Waals surface area (Å²) in [7, 11) is 1.78. The van der Waals surface area contributed by atoms with Gasteiger partial charge in [0.1, 0.15) is 6.04 Å². The van der Waals surface area contributed by atoms with Crippen molar-refractivity contribution in [3.8, 4) is 28.1 Å². The third-order valence-corrected chi connectivity index (χ3v) is 6.62. The first kappa shape index (κ1) is 24.8. The van der Waals surface area contributed by atoms with E-state index in [0.29, 0.717) is 16.9 Å². The number of hydrogen-bond acceptors (Lipinski definition) is 6. The van der Waals surface area contributed by atoms with Crippen LogP contribution in [0.2, 0.25) is 10.2 Å². The van der Waals surface area contributed by atoms with Gasteiger partial charge in [-0.25, -0.2) is 13.5 Å². The molecule has 0 amide bonds. The Labute approximate surface area is 229 Å². The lowest BCUT2D eigenvalue weighted by atomic mass is 10.0. The molecule has 15 heteroatoms. The molecule has 39 heavy (non-hydrogen) atoms. The zero-order chi connectivity index (χ0) is 27.1. The van der Waals surface area contributed by atoms with Gasteiger partial charge in [-0.15, -0.1) is 9.78 Å². The Morgan fingerprint density at radius 1 is 1.00 bits per heavy atom. The molecule has 0 unspecified atom stereocenters. The van der Waals surface area contributed by atoms with E-state index >= 15 is 4.39 Å². The zero-order valence-corrected chi connectivity index (χ0v) is 21.6. The number of aromatic amines is 1. The highest BCUT2D eigenvalue weighted by atomic mass is 35.5. The molecule has 1 aromatic carbocycles. The molecule has 0 bridgehead atoms. The van der Waals surface area contributed by atoms with Gasteiger partial charge < -0.3 is 0 Å². The molecule has 0 aliphatic carbocycles. The Balaban J connectivity index is 1.40. The summed E-state index contributed by atoms with van der Waals surface area (Å²) in [5.74, 6) is -1.08. The maximum atomic E-state index is 15.3. The van der Waals surface area contributed by atoms with Crippen LogP contribution in [0.4, 0.5) is 8.78 Å². The van der Waals surface area contributed by atoms with Gasteiger partial charge in [-0.05, 0) is 29.8 Å². The summed E-state index contributed by atoms with van der Waals surface area (Å²) in [5.41, 5.74) is 3.27. The van der Waals surface area contributed by atoms with Gasteiger partial charge in [0.2, 0.25) is 0 Å². The maximum Gasteiger partial charge on any atom is 0.308 e. The first-order chi connectivity index (χ1) is 18.9. The average Bonchev–Trinajstić information content (AvgIpc) is 3.73. The second kappa shape index (κ2) is 10.0. The van der Waals surface area contributed by atoms with Crippen LogP contribution in [0.1, 0.15) is 11.7 Å². The van der Waals surface area contributed by atoms with Gasteiger partial charge >= 0.3 is 5.15 Å². The third kappa shape index (κ3) is 4.77. The number of halogens is 4. The lowest BCUT2D eigenvalue weighted by Crippen LogP contribution is -2.33. The van der Waals surface area contributed by atoms with Crippen LogP contribution >= 0.6 is 23.2 Å². The lowest BCUT2D eigenvalue weighted by Gasteiger charge is -2.18. The molecule has 0 spiro atoms. The fourth-order valence-electron chi connectivity index (χ4n) is 4.28. The molecule has 11 nitrogen and oxygen atoms in total. The summed E-state index contributed by atoms with van der Waals surface area (Å²) in [6, 6.07) is 6.10. The van der Waals surface area contributed by atoms with E-state index in [1.807, 2.05) is 6.20 Å². The van der Waals surface area contributed by atoms with Crippen LogP contribution in [0, 0.1) is 11.6 Å². The minimum absolute atomic E-state index is 0.0450. The number of nitrogens with zero attached hydrogens (tertiary/aromatic N) is 10. The van der Waals surface area contributed by atoms with E-state index < -0.39 is 17.7 Å². The highest BCUT2D eigenvalue weighted by molar-refractivity contribution is 6.31. The summed E-state index contributed by atoms with van der Waals surface area (Å²) >= 11 is 12.1. The van der Waals surface area contributed by atoms with Gasteiger partial charge in [0, 0.05) is 30.6 Å².